The van der Waals surface area contributed by atoms with Crippen molar-refractivity contribution in [2.24, 2.45) is 13.0 Å². The minimum Gasteiger partial charge on any atom is -0.497 e. The highest BCUT2D eigenvalue weighted by atomic mass is 19.4. The van der Waals surface area contributed by atoms with Crippen molar-refractivity contribution in [2.45, 2.75) is 25.6 Å². The van der Waals surface area contributed by atoms with Crippen LogP contribution in [-0.4, -0.2) is 34.2 Å². The number of aromatic nitrogens is 2. The number of aryl methyl sites for hydroxylation is 1. The Hall–Kier alpha value is -4.27. The average Bonchev–Trinajstić information content (AvgIpc) is 3.72. The molecule has 5 rings (SSSR count). The molecule has 202 valence electrons. The fraction of sp³-hybridized carbons (Fsp3) is 0.267. The number of hydrogen-bond acceptors (Lipinski definition) is 4. The lowest BCUT2D eigenvalue weighted by molar-refractivity contribution is -0.137. The molecule has 0 atom stereocenters. The van der Waals surface area contributed by atoms with Crippen LogP contribution in [0.3, 0.4) is 0 Å². The summed E-state index contributed by atoms with van der Waals surface area (Å²) in [6, 6.07) is 21.1. The van der Waals surface area contributed by atoms with E-state index < -0.39 is 11.7 Å². The molecule has 0 spiro atoms. The predicted octanol–water partition coefficient (Wildman–Crippen LogP) is 6.96. The van der Waals surface area contributed by atoms with Gasteiger partial charge in [0.25, 0.3) is 5.91 Å². The van der Waals surface area contributed by atoms with Crippen LogP contribution in [0.1, 0.15) is 34.3 Å². The minimum atomic E-state index is -4.47. The Morgan fingerprint density at radius 2 is 1.62 bits per heavy atom. The molecule has 9 heteroatoms. The zero-order valence-corrected chi connectivity index (χ0v) is 21.6. The van der Waals surface area contributed by atoms with E-state index in [9.17, 15) is 18.0 Å². The first-order valence-corrected chi connectivity index (χ1v) is 12.6. The third-order valence-electron chi connectivity index (χ3n) is 6.68. The average molecular weight is 536 g/mol. The molecule has 1 saturated carbocycles. The second-order valence-corrected chi connectivity index (χ2v) is 9.60. The van der Waals surface area contributed by atoms with Crippen LogP contribution in [0.5, 0.6) is 17.4 Å². The van der Waals surface area contributed by atoms with Gasteiger partial charge in [-0.05, 0) is 67.3 Å². The number of methoxy groups -OCH3 is 1. The number of carbonyl (C=O) groups is 1. The first kappa shape index (κ1) is 26.3. The van der Waals surface area contributed by atoms with Gasteiger partial charge >= 0.3 is 6.18 Å². The van der Waals surface area contributed by atoms with Gasteiger partial charge in [-0.15, -0.1) is 0 Å². The molecular weight excluding hydrogens is 507 g/mol. The summed E-state index contributed by atoms with van der Waals surface area (Å²) < 4.78 is 52.4. The molecule has 0 bridgehead atoms. The first-order valence-electron chi connectivity index (χ1n) is 12.6. The predicted molar refractivity (Wildman–Crippen MR) is 141 cm³/mol. The molecule has 1 fully saturated rings. The number of hydrogen-bond donors (Lipinski definition) is 0. The summed E-state index contributed by atoms with van der Waals surface area (Å²) >= 11 is 0. The van der Waals surface area contributed by atoms with Crippen molar-refractivity contribution < 1.29 is 27.4 Å². The number of nitrogens with zero attached hydrogens (tertiary/aromatic N) is 3. The van der Waals surface area contributed by atoms with Crippen LogP contribution in [-0.2, 0) is 19.8 Å². The van der Waals surface area contributed by atoms with E-state index in [1.54, 1.807) is 48.0 Å². The molecule has 1 amide bonds. The molecule has 1 aliphatic carbocycles. The molecule has 0 saturated heterocycles. The van der Waals surface area contributed by atoms with E-state index in [4.69, 9.17) is 14.6 Å². The molecule has 3 aromatic carbocycles. The maximum absolute atomic E-state index is 13.6. The van der Waals surface area contributed by atoms with Crippen molar-refractivity contribution in [2.75, 3.05) is 13.7 Å². The first-order chi connectivity index (χ1) is 18.7. The SMILES string of the molecule is COc1ccc(Oc2c(CN(CC3CC3)C(=O)c3ccc(C(F)(F)F)cc3)c(-c3ccccc3)nn2C)cc1. The Morgan fingerprint density at radius 3 is 2.21 bits per heavy atom. The normalized spacial score (nSPS) is 13.3. The number of alkyl halides is 3. The van der Waals surface area contributed by atoms with E-state index in [1.807, 2.05) is 30.3 Å². The molecule has 0 unspecified atom stereocenters. The molecule has 4 aromatic rings. The molecule has 1 heterocycles. The van der Waals surface area contributed by atoms with Crippen molar-refractivity contribution in [3.8, 4) is 28.6 Å². The lowest BCUT2D eigenvalue weighted by Crippen LogP contribution is -2.32. The van der Waals surface area contributed by atoms with Crippen molar-refractivity contribution in [1.29, 1.82) is 0 Å². The lowest BCUT2D eigenvalue weighted by Gasteiger charge is -2.24. The molecule has 1 aromatic heterocycles. The zero-order chi connectivity index (χ0) is 27.6. The molecular formula is C30H28F3N3O3. The van der Waals surface area contributed by atoms with Gasteiger partial charge in [-0.3, -0.25) is 4.79 Å². The highest BCUT2D eigenvalue weighted by Crippen LogP contribution is 2.37. The van der Waals surface area contributed by atoms with Crippen molar-refractivity contribution in [3.05, 3.63) is 95.6 Å². The standard InChI is InChI=1S/C30H28F3N3O3/c1-35-29(39-25-16-14-24(38-2)15-17-25)26(27(34-35)21-6-4-3-5-7-21)19-36(18-20-8-9-20)28(37)22-10-12-23(13-11-22)30(31,32)33/h3-7,10-17,20H,8-9,18-19H2,1-2H3. The summed E-state index contributed by atoms with van der Waals surface area (Å²) in [5.74, 6) is 1.75. The number of rotatable bonds is 9. The molecule has 0 N–H and O–H groups in total. The second kappa shape index (κ2) is 10.8. The van der Waals surface area contributed by atoms with Gasteiger partial charge in [0.05, 0.1) is 24.8 Å². The Labute approximate surface area is 224 Å². The van der Waals surface area contributed by atoms with Crippen LogP contribution >= 0.6 is 0 Å². The van der Waals surface area contributed by atoms with Crippen LogP contribution in [0, 0.1) is 5.92 Å². The van der Waals surface area contributed by atoms with Gasteiger partial charge in [-0.25, -0.2) is 4.68 Å². The van der Waals surface area contributed by atoms with Gasteiger partial charge in [0.2, 0.25) is 5.88 Å². The Morgan fingerprint density at radius 1 is 0.974 bits per heavy atom. The van der Waals surface area contributed by atoms with Gasteiger partial charge in [-0.2, -0.15) is 18.3 Å². The number of halogens is 3. The monoisotopic (exact) mass is 535 g/mol. The highest BCUT2D eigenvalue weighted by molar-refractivity contribution is 5.94. The van der Waals surface area contributed by atoms with E-state index in [1.165, 1.54) is 12.1 Å². The zero-order valence-electron chi connectivity index (χ0n) is 21.6. The summed E-state index contributed by atoms with van der Waals surface area (Å²) in [6.07, 6.45) is -2.46. The van der Waals surface area contributed by atoms with Crippen LogP contribution in [0.25, 0.3) is 11.3 Å². The number of amides is 1. The number of ether oxygens (including phenoxy) is 2. The van der Waals surface area contributed by atoms with Gasteiger partial charge in [-0.1, -0.05) is 30.3 Å². The maximum atomic E-state index is 13.6. The molecule has 0 radical (unpaired) electrons. The third-order valence-corrected chi connectivity index (χ3v) is 6.68. The van der Waals surface area contributed by atoms with Crippen molar-refractivity contribution in [1.82, 2.24) is 14.7 Å². The fourth-order valence-corrected chi connectivity index (χ4v) is 4.41. The van der Waals surface area contributed by atoms with Crippen molar-refractivity contribution >= 4 is 5.91 Å². The smallest absolute Gasteiger partial charge is 0.416 e. The van der Waals surface area contributed by atoms with Gasteiger partial charge < -0.3 is 14.4 Å². The summed E-state index contributed by atoms with van der Waals surface area (Å²) in [5, 5.41) is 4.73. The Kier molecular flexibility index (Phi) is 7.32. The van der Waals surface area contributed by atoms with Crippen LogP contribution in [0.4, 0.5) is 13.2 Å². The van der Waals surface area contributed by atoms with Gasteiger partial charge in [0, 0.05) is 24.7 Å². The lowest BCUT2D eigenvalue weighted by atomic mass is 10.1. The molecule has 39 heavy (non-hydrogen) atoms. The Bertz CT molecular complexity index is 1430. The number of benzene rings is 3. The molecule has 0 aliphatic heterocycles. The van der Waals surface area contributed by atoms with E-state index in [0.717, 1.165) is 30.5 Å². The number of carbonyl (C=O) groups excluding carboxylic acids is 1. The fourth-order valence-electron chi connectivity index (χ4n) is 4.41. The van der Waals surface area contributed by atoms with E-state index in [2.05, 4.69) is 0 Å². The maximum Gasteiger partial charge on any atom is 0.416 e. The quantitative estimate of drug-likeness (QED) is 0.233. The van der Waals surface area contributed by atoms with Gasteiger partial charge in [0.15, 0.2) is 0 Å². The van der Waals surface area contributed by atoms with Crippen LogP contribution in [0.15, 0.2) is 78.9 Å². The van der Waals surface area contributed by atoms with E-state index in [-0.39, 0.29) is 18.0 Å². The summed E-state index contributed by atoms with van der Waals surface area (Å²) in [5.41, 5.74) is 1.65. The highest BCUT2D eigenvalue weighted by Gasteiger charge is 2.32. The minimum absolute atomic E-state index is 0.180. The topological polar surface area (TPSA) is 56.6 Å². The van der Waals surface area contributed by atoms with Crippen LogP contribution in [0.2, 0.25) is 0 Å². The van der Waals surface area contributed by atoms with Gasteiger partial charge in [0.1, 0.15) is 17.2 Å². The summed E-state index contributed by atoms with van der Waals surface area (Å²) in [6.45, 7) is 0.671. The van der Waals surface area contributed by atoms with E-state index >= 15 is 0 Å². The Balaban J connectivity index is 1.51. The largest absolute Gasteiger partial charge is 0.497 e. The molecule has 1 aliphatic rings. The summed E-state index contributed by atoms with van der Waals surface area (Å²) in [4.78, 5) is 15.3. The third kappa shape index (κ3) is 6.08. The van der Waals surface area contributed by atoms with E-state index in [0.29, 0.717) is 41.1 Å². The van der Waals surface area contributed by atoms with Crippen LogP contribution < -0.4 is 9.47 Å². The molecule has 6 nitrogen and oxygen atoms in total. The second-order valence-electron chi connectivity index (χ2n) is 9.60. The summed E-state index contributed by atoms with van der Waals surface area (Å²) in [7, 11) is 3.36. The van der Waals surface area contributed by atoms with Crippen molar-refractivity contribution in [3.63, 3.8) is 0 Å².